The van der Waals surface area contributed by atoms with Crippen LogP contribution in [0.15, 0.2) is 47.4 Å². The number of hydrogen-bond acceptors (Lipinski definition) is 3. The van der Waals surface area contributed by atoms with Crippen LogP contribution >= 0.6 is 11.8 Å². The molecule has 4 rings (SSSR count). The summed E-state index contributed by atoms with van der Waals surface area (Å²) in [7, 11) is 0. The van der Waals surface area contributed by atoms with Crippen LogP contribution in [0.25, 0.3) is 0 Å². The van der Waals surface area contributed by atoms with Crippen molar-refractivity contribution in [3.63, 3.8) is 0 Å². The van der Waals surface area contributed by atoms with E-state index in [9.17, 15) is 9.59 Å². The maximum Gasteiger partial charge on any atom is 0.251 e. The molecule has 2 aromatic rings. The van der Waals surface area contributed by atoms with Crippen LogP contribution in [0.3, 0.4) is 0 Å². The van der Waals surface area contributed by atoms with Crippen LogP contribution in [-0.2, 0) is 11.2 Å². The molecule has 0 radical (unpaired) electrons. The van der Waals surface area contributed by atoms with Gasteiger partial charge in [0.05, 0.1) is 6.04 Å². The predicted octanol–water partition coefficient (Wildman–Crippen LogP) is 3.54. The van der Waals surface area contributed by atoms with Gasteiger partial charge in [-0.3, -0.25) is 9.59 Å². The van der Waals surface area contributed by atoms with Crippen molar-refractivity contribution >= 4 is 29.3 Å². The second kappa shape index (κ2) is 6.32. The van der Waals surface area contributed by atoms with Crippen LogP contribution in [0.1, 0.15) is 40.4 Å². The van der Waals surface area contributed by atoms with E-state index in [0.29, 0.717) is 18.4 Å². The second-order valence-corrected chi connectivity index (χ2v) is 7.26. The van der Waals surface area contributed by atoms with Crippen LogP contribution in [0.2, 0.25) is 0 Å². The van der Waals surface area contributed by atoms with Crippen molar-refractivity contribution in [2.24, 2.45) is 0 Å². The predicted molar refractivity (Wildman–Crippen MR) is 95.4 cm³/mol. The number of amides is 2. The minimum absolute atomic E-state index is 0.0380. The van der Waals surface area contributed by atoms with Crippen molar-refractivity contribution in [3.05, 3.63) is 59.2 Å². The number of fused-ring (bicyclic) bond motifs is 2. The number of carbonyl (C=O) groups is 2. The van der Waals surface area contributed by atoms with E-state index in [1.807, 2.05) is 36.0 Å². The molecule has 2 aliphatic rings. The number of anilines is 1. The molecule has 24 heavy (non-hydrogen) atoms. The highest BCUT2D eigenvalue weighted by Gasteiger charge is 2.23. The molecule has 0 saturated carbocycles. The molecule has 2 heterocycles. The number of aryl methyl sites for hydroxylation is 1. The number of benzene rings is 2. The maximum atomic E-state index is 12.7. The van der Waals surface area contributed by atoms with E-state index in [-0.39, 0.29) is 17.9 Å². The molecule has 122 valence electrons. The SMILES string of the molecule is O=C1CCc2cc(C(=O)NC3CCSc4ccccc43)ccc2N1. The summed E-state index contributed by atoms with van der Waals surface area (Å²) in [5, 5.41) is 6.01. The van der Waals surface area contributed by atoms with Crippen LogP contribution in [0.4, 0.5) is 5.69 Å². The number of carbonyl (C=O) groups excluding carboxylic acids is 2. The molecule has 0 spiro atoms. The van der Waals surface area contributed by atoms with Crippen molar-refractivity contribution < 1.29 is 9.59 Å². The van der Waals surface area contributed by atoms with Crippen molar-refractivity contribution in [3.8, 4) is 0 Å². The fourth-order valence-electron chi connectivity index (χ4n) is 3.26. The van der Waals surface area contributed by atoms with Crippen molar-refractivity contribution in [1.29, 1.82) is 0 Å². The lowest BCUT2D eigenvalue weighted by molar-refractivity contribution is -0.116. The van der Waals surface area contributed by atoms with Gasteiger partial charge in [-0.2, -0.15) is 0 Å². The van der Waals surface area contributed by atoms with Gasteiger partial charge in [0.15, 0.2) is 0 Å². The van der Waals surface area contributed by atoms with Gasteiger partial charge in [0.25, 0.3) is 5.91 Å². The highest BCUT2D eigenvalue weighted by Crippen LogP contribution is 2.36. The van der Waals surface area contributed by atoms with Gasteiger partial charge < -0.3 is 10.6 Å². The average molecular weight is 338 g/mol. The molecule has 2 aromatic carbocycles. The lowest BCUT2D eigenvalue weighted by atomic mass is 9.99. The molecular formula is C19H18N2O2S. The fraction of sp³-hybridized carbons (Fsp3) is 0.263. The first kappa shape index (κ1) is 15.3. The standard InChI is InChI=1S/C19H18N2O2S/c22-18-8-6-12-11-13(5-7-15(12)20-18)19(23)21-16-9-10-24-17-4-2-1-3-14(16)17/h1-5,7,11,16H,6,8-10H2,(H,20,22)(H,21,23). The summed E-state index contributed by atoms with van der Waals surface area (Å²) in [5.41, 5.74) is 3.71. The summed E-state index contributed by atoms with van der Waals surface area (Å²) >= 11 is 1.84. The van der Waals surface area contributed by atoms with Crippen molar-refractivity contribution in [2.75, 3.05) is 11.1 Å². The molecule has 0 bridgehead atoms. The topological polar surface area (TPSA) is 58.2 Å². The molecule has 1 atom stereocenters. The third-order valence-electron chi connectivity index (χ3n) is 4.53. The first-order chi connectivity index (χ1) is 11.7. The largest absolute Gasteiger partial charge is 0.345 e. The zero-order valence-corrected chi connectivity index (χ0v) is 14.0. The van der Waals surface area contributed by atoms with E-state index >= 15 is 0 Å². The van der Waals surface area contributed by atoms with Gasteiger partial charge in [0, 0.05) is 28.3 Å². The highest BCUT2D eigenvalue weighted by molar-refractivity contribution is 7.99. The van der Waals surface area contributed by atoms with Gasteiger partial charge in [-0.05, 0) is 48.2 Å². The van der Waals surface area contributed by atoms with Gasteiger partial charge in [-0.25, -0.2) is 0 Å². The Balaban J connectivity index is 1.54. The van der Waals surface area contributed by atoms with E-state index in [0.717, 1.165) is 23.4 Å². The first-order valence-electron chi connectivity index (χ1n) is 8.16. The third kappa shape index (κ3) is 2.91. The smallest absolute Gasteiger partial charge is 0.251 e. The van der Waals surface area contributed by atoms with E-state index in [4.69, 9.17) is 0 Å². The van der Waals surface area contributed by atoms with Crippen LogP contribution < -0.4 is 10.6 Å². The zero-order chi connectivity index (χ0) is 16.5. The monoisotopic (exact) mass is 338 g/mol. The van der Waals surface area contributed by atoms with Gasteiger partial charge in [0.1, 0.15) is 0 Å². The Labute approximate surface area is 145 Å². The second-order valence-electron chi connectivity index (χ2n) is 6.12. The van der Waals surface area contributed by atoms with Gasteiger partial charge in [0.2, 0.25) is 5.91 Å². The molecule has 2 amide bonds. The van der Waals surface area contributed by atoms with E-state index in [2.05, 4.69) is 22.8 Å². The van der Waals surface area contributed by atoms with Crippen LogP contribution in [0, 0.1) is 0 Å². The Morgan fingerprint density at radius 3 is 2.96 bits per heavy atom. The van der Waals surface area contributed by atoms with Gasteiger partial charge >= 0.3 is 0 Å². The Kier molecular flexibility index (Phi) is 4.02. The molecule has 0 fully saturated rings. The fourth-order valence-corrected chi connectivity index (χ4v) is 4.38. The Morgan fingerprint density at radius 1 is 1.17 bits per heavy atom. The normalized spacial score (nSPS) is 19.0. The number of hydrogen-bond donors (Lipinski definition) is 2. The summed E-state index contributed by atoms with van der Waals surface area (Å²) < 4.78 is 0. The number of thioether (sulfide) groups is 1. The minimum atomic E-state index is -0.0543. The molecule has 0 aliphatic carbocycles. The molecule has 5 heteroatoms. The Bertz CT molecular complexity index is 819. The summed E-state index contributed by atoms with van der Waals surface area (Å²) in [6, 6.07) is 13.8. The minimum Gasteiger partial charge on any atom is -0.345 e. The summed E-state index contributed by atoms with van der Waals surface area (Å²) in [4.78, 5) is 25.4. The molecule has 0 aromatic heterocycles. The number of rotatable bonds is 2. The average Bonchev–Trinajstić information content (AvgIpc) is 2.61. The first-order valence-corrected chi connectivity index (χ1v) is 9.14. The highest BCUT2D eigenvalue weighted by atomic mass is 32.2. The number of nitrogens with one attached hydrogen (secondary N) is 2. The maximum absolute atomic E-state index is 12.7. The van der Waals surface area contributed by atoms with E-state index in [1.165, 1.54) is 10.5 Å². The van der Waals surface area contributed by atoms with Gasteiger partial charge in [-0.15, -0.1) is 11.8 Å². The van der Waals surface area contributed by atoms with Crippen LogP contribution in [-0.4, -0.2) is 17.6 Å². The molecule has 1 unspecified atom stereocenters. The van der Waals surface area contributed by atoms with E-state index in [1.54, 1.807) is 6.07 Å². The quantitative estimate of drug-likeness (QED) is 0.880. The van der Waals surface area contributed by atoms with E-state index < -0.39 is 0 Å². The molecule has 2 N–H and O–H groups in total. The summed E-state index contributed by atoms with van der Waals surface area (Å²) in [6.07, 6.45) is 2.10. The Hall–Kier alpha value is -2.27. The molecular weight excluding hydrogens is 320 g/mol. The lowest BCUT2D eigenvalue weighted by Crippen LogP contribution is -2.31. The van der Waals surface area contributed by atoms with Crippen molar-refractivity contribution in [2.45, 2.75) is 30.2 Å². The molecule has 2 aliphatic heterocycles. The van der Waals surface area contributed by atoms with Crippen molar-refractivity contribution in [1.82, 2.24) is 5.32 Å². The molecule has 0 saturated heterocycles. The summed E-state index contributed by atoms with van der Waals surface area (Å²) in [6.45, 7) is 0. The summed E-state index contributed by atoms with van der Waals surface area (Å²) in [5.74, 6) is 0.996. The Morgan fingerprint density at radius 2 is 2.04 bits per heavy atom. The van der Waals surface area contributed by atoms with Gasteiger partial charge in [-0.1, -0.05) is 18.2 Å². The third-order valence-corrected chi connectivity index (χ3v) is 5.65. The molecule has 4 nitrogen and oxygen atoms in total. The lowest BCUT2D eigenvalue weighted by Gasteiger charge is -2.26. The van der Waals surface area contributed by atoms with Crippen LogP contribution in [0.5, 0.6) is 0 Å². The zero-order valence-electron chi connectivity index (χ0n) is 13.2.